The van der Waals surface area contributed by atoms with Gasteiger partial charge in [-0.2, -0.15) is 0 Å². The summed E-state index contributed by atoms with van der Waals surface area (Å²) in [7, 11) is 1.69. The van der Waals surface area contributed by atoms with Gasteiger partial charge >= 0.3 is 0 Å². The quantitative estimate of drug-likeness (QED) is 0.902. The molecule has 1 heterocycles. The molecule has 1 atom stereocenters. The van der Waals surface area contributed by atoms with Crippen molar-refractivity contribution in [3.05, 3.63) is 29.3 Å². The molecule has 1 saturated heterocycles. The first-order valence-electron chi connectivity index (χ1n) is 8.72. The van der Waals surface area contributed by atoms with E-state index in [-0.39, 0.29) is 18.4 Å². The van der Waals surface area contributed by atoms with Crippen LogP contribution in [0.2, 0.25) is 0 Å². The minimum Gasteiger partial charge on any atom is -0.335 e. The van der Waals surface area contributed by atoms with Gasteiger partial charge in [0.2, 0.25) is 11.8 Å². The van der Waals surface area contributed by atoms with Crippen LogP contribution in [-0.2, 0) is 9.59 Å². The molecule has 1 aromatic rings. The Labute approximate surface area is 145 Å². The molecule has 5 heteroatoms. The predicted octanol–water partition coefficient (Wildman–Crippen LogP) is 2.57. The summed E-state index contributed by atoms with van der Waals surface area (Å²) in [6.45, 7) is 7.56. The third-order valence-corrected chi connectivity index (χ3v) is 4.75. The number of aryl methyl sites for hydroxylation is 2. The van der Waals surface area contributed by atoms with Crippen molar-refractivity contribution in [3.63, 3.8) is 0 Å². The number of likely N-dealkylation sites (N-methyl/N-ethyl adjacent to an activating group) is 1. The summed E-state index contributed by atoms with van der Waals surface area (Å²) < 4.78 is 0. The molecular formula is C19H29N3O2. The number of rotatable bonds is 5. The van der Waals surface area contributed by atoms with Gasteiger partial charge in [-0.3, -0.25) is 14.5 Å². The van der Waals surface area contributed by atoms with Crippen molar-refractivity contribution in [2.45, 2.75) is 46.1 Å². The zero-order valence-corrected chi connectivity index (χ0v) is 15.3. The van der Waals surface area contributed by atoms with Crippen LogP contribution < -0.4 is 5.32 Å². The molecular weight excluding hydrogens is 302 g/mol. The van der Waals surface area contributed by atoms with E-state index < -0.39 is 0 Å². The number of nitrogens with zero attached hydrogens (tertiary/aromatic N) is 2. The van der Waals surface area contributed by atoms with Gasteiger partial charge in [0.05, 0.1) is 13.1 Å². The molecule has 1 fully saturated rings. The number of amides is 2. The molecule has 0 bridgehead atoms. The van der Waals surface area contributed by atoms with Crippen molar-refractivity contribution >= 4 is 17.5 Å². The zero-order valence-electron chi connectivity index (χ0n) is 15.3. The molecule has 2 rings (SSSR count). The molecule has 1 N–H and O–H groups in total. The van der Waals surface area contributed by atoms with E-state index in [0.717, 1.165) is 36.2 Å². The molecule has 5 nitrogen and oxygen atoms in total. The van der Waals surface area contributed by atoms with E-state index in [0.29, 0.717) is 12.6 Å². The zero-order chi connectivity index (χ0) is 17.7. The second-order valence-corrected chi connectivity index (χ2v) is 6.93. The topological polar surface area (TPSA) is 52.7 Å². The molecule has 0 saturated carbocycles. The lowest BCUT2D eigenvalue weighted by Gasteiger charge is -2.33. The van der Waals surface area contributed by atoms with Crippen LogP contribution in [0, 0.1) is 13.8 Å². The van der Waals surface area contributed by atoms with Crippen molar-refractivity contribution in [1.82, 2.24) is 9.80 Å². The van der Waals surface area contributed by atoms with Gasteiger partial charge in [-0.25, -0.2) is 0 Å². The Balaban J connectivity index is 1.86. The number of hydrogen-bond donors (Lipinski definition) is 1. The SMILES string of the molecule is Cc1ccc(C)c(NC(=O)CN(C)C(=O)CN2CCCCC2C)c1. The summed E-state index contributed by atoms with van der Waals surface area (Å²) >= 11 is 0. The van der Waals surface area contributed by atoms with E-state index >= 15 is 0 Å². The summed E-state index contributed by atoms with van der Waals surface area (Å²) in [6.07, 6.45) is 3.53. The highest BCUT2D eigenvalue weighted by Gasteiger charge is 2.22. The lowest BCUT2D eigenvalue weighted by Crippen LogP contribution is -2.46. The Hall–Kier alpha value is -1.88. The lowest BCUT2D eigenvalue weighted by atomic mass is 10.0. The maximum absolute atomic E-state index is 12.4. The van der Waals surface area contributed by atoms with E-state index in [1.165, 1.54) is 11.3 Å². The average molecular weight is 331 g/mol. The van der Waals surface area contributed by atoms with Gasteiger partial charge in [0, 0.05) is 18.8 Å². The highest BCUT2D eigenvalue weighted by Crippen LogP contribution is 2.17. The van der Waals surface area contributed by atoms with Gasteiger partial charge in [0.1, 0.15) is 0 Å². The fourth-order valence-electron chi connectivity index (χ4n) is 3.05. The fourth-order valence-corrected chi connectivity index (χ4v) is 3.05. The molecule has 0 aliphatic carbocycles. The van der Waals surface area contributed by atoms with Crippen LogP contribution in [0.15, 0.2) is 18.2 Å². The van der Waals surface area contributed by atoms with Gasteiger partial charge in [-0.05, 0) is 57.4 Å². The first kappa shape index (κ1) is 18.5. The van der Waals surface area contributed by atoms with Crippen LogP contribution in [-0.4, -0.2) is 54.3 Å². The Morgan fingerprint density at radius 1 is 1.29 bits per heavy atom. The van der Waals surface area contributed by atoms with E-state index in [9.17, 15) is 9.59 Å². The molecule has 1 aromatic carbocycles. The Morgan fingerprint density at radius 3 is 2.75 bits per heavy atom. The van der Waals surface area contributed by atoms with Gasteiger partial charge < -0.3 is 10.2 Å². The molecule has 0 radical (unpaired) electrons. The van der Waals surface area contributed by atoms with E-state index in [2.05, 4.69) is 17.1 Å². The third kappa shape index (κ3) is 5.06. The summed E-state index contributed by atoms with van der Waals surface area (Å²) in [5.74, 6) is -0.161. The minimum atomic E-state index is -0.161. The number of piperidine rings is 1. The van der Waals surface area contributed by atoms with Gasteiger partial charge in [-0.15, -0.1) is 0 Å². The average Bonchev–Trinajstić information content (AvgIpc) is 2.53. The van der Waals surface area contributed by atoms with Crippen LogP contribution in [0.3, 0.4) is 0 Å². The van der Waals surface area contributed by atoms with Gasteiger partial charge in [0.15, 0.2) is 0 Å². The van der Waals surface area contributed by atoms with Crippen molar-refractivity contribution in [2.75, 3.05) is 32.0 Å². The van der Waals surface area contributed by atoms with E-state index in [4.69, 9.17) is 0 Å². The monoisotopic (exact) mass is 331 g/mol. The number of hydrogen-bond acceptors (Lipinski definition) is 3. The van der Waals surface area contributed by atoms with Crippen molar-refractivity contribution < 1.29 is 9.59 Å². The lowest BCUT2D eigenvalue weighted by molar-refractivity contribution is -0.135. The smallest absolute Gasteiger partial charge is 0.243 e. The Morgan fingerprint density at radius 2 is 2.04 bits per heavy atom. The number of carbonyl (C=O) groups excluding carboxylic acids is 2. The number of benzene rings is 1. The second-order valence-electron chi connectivity index (χ2n) is 6.93. The van der Waals surface area contributed by atoms with Crippen molar-refractivity contribution in [1.29, 1.82) is 0 Å². The highest BCUT2D eigenvalue weighted by molar-refractivity contribution is 5.95. The first-order valence-corrected chi connectivity index (χ1v) is 8.72. The molecule has 0 spiro atoms. The van der Waals surface area contributed by atoms with Crippen LogP contribution >= 0.6 is 0 Å². The number of nitrogens with one attached hydrogen (secondary N) is 1. The van der Waals surface area contributed by atoms with Crippen LogP contribution in [0.25, 0.3) is 0 Å². The molecule has 24 heavy (non-hydrogen) atoms. The number of anilines is 1. The van der Waals surface area contributed by atoms with Crippen molar-refractivity contribution in [2.24, 2.45) is 0 Å². The maximum Gasteiger partial charge on any atom is 0.243 e. The third-order valence-electron chi connectivity index (χ3n) is 4.75. The number of carbonyl (C=O) groups is 2. The van der Waals surface area contributed by atoms with Crippen molar-refractivity contribution in [3.8, 4) is 0 Å². The maximum atomic E-state index is 12.4. The summed E-state index contributed by atoms with van der Waals surface area (Å²) in [5, 5.41) is 2.90. The second kappa shape index (κ2) is 8.29. The molecule has 0 aromatic heterocycles. The normalized spacial score (nSPS) is 18.2. The molecule has 1 aliphatic heterocycles. The molecule has 1 unspecified atom stereocenters. The van der Waals surface area contributed by atoms with Crippen LogP contribution in [0.4, 0.5) is 5.69 Å². The Bertz CT molecular complexity index is 600. The van der Waals surface area contributed by atoms with E-state index in [1.807, 2.05) is 32.0 Å². The standard InChI is InChI=1S/C19H29N3O2/c1-14-8-9-15(2)17(11-14)20-18(23)12-21(4)19(24)13-22-10-6-5-7-16(22)3/h8-9,11,16H,5-7,10,12-13H2,1-4H3,(H,20,23). The largest absolute Gasteiger partial charge is 0.335 e. The highest BCUT2D eigenvalue weighted by atomic mass is 16.2. The van der Waals surface area contributed by atoms with Gasteiger partial charge in [-0.1, -0.05) is 18.6 Å². The summed E-state index contributed by atoms with van der Waals surface area (Å²) in [4.78, 5) is 28.3. The van der Waals surface area contributed by atoms with Crippen LogP contribution in [0.5, 0.6) is 0 Å². The Kier molecular flexibility index (Phi) is 6.37. The van der Waals surface area contributed by atoms with Gasteiger partial charge in [0.25, 0.3) is 0 Å². The number of likely N-dealkylation sites (tertiary alicyclic amines) is 1. The summed E-state index contributed by atoms with van der Waals surface area (Å²) in [6, 6.07) is 6.39. The first-order chi connectivity index (χ1) is 11.4. The summed E-state index contributed by atoms with van der Waals surface area (Å²) in [5.41, 5.74) is 2.93. The van der Waals surface area contributed by atoms with Crippen LogP contribution in [0.1, 0.15) is 37.3 Å². The van der Waals surface area contributed by atoms with E-state index in [1.54, 1.807) is 7.05 Å². The molecule has 132 valence electrons. The molecule has 1 aliphatic rings. The molecule has 2 amide bonds. The minimum absolute atomic E-state index is 0.000126. The predicted molar refractivity (Wildman–Crippen MR) is 97.1 cm³/mol. The fraction of sp³-hybridized carbons (Fsp3) is 0.579.